The number of imidazole rings is 1. The van der Waals surface area contributed by atoms with Crippen molar-refractivity contribution in [2.24, 2.45) is 5.92 Å². The first kappa shape index (κ1) is 31.5. The lowest BCUT2D eigenvalue weighted by atomic mass is 10.1. The Morgan fingerprint density at radius 1 is 1.09 bits per heavy atom. The molecular formula is C29H35N6O8P. The van der Waals surface area contributed by atoms with Gasteiger partial charge in [-0.1, -0.05) is 62.4 Å². The van der Waals surface area contributed by atoms with Crippen LogP contribution in [0, 0.1) is 12.8 Å². The van der Waals surface area contributed by atoms with E-state index in [0.717, 1.165) is 5.56 Å². The summed E-state index contributed by atoms with van der Waals surface area (Å²) in [7, 11) is -4.31. The number of para-hydroxylation sites is 1. The Labute approximate surface area is 253 Å². The fourth-order valence-electron chi connectivity index (χ4n) is 4.68. The van der Waals surface area contributed by atoms with Crippen molar-refractivity contribution in [3.05, 3.63) is 78.4 Å². The molecule has 2 aromatic heterocycles. The molecule has 1 saturated heterocycles. The minimum atomic E-state index is -4.31. The van der Waals surface area contributed by atoms with Gasteiger partial charge in [-0.15, -0.1) is 0 Å². The fourth-order valence-corrected chi connectivity index (χ4v) is 6.35. The van der Waals surface area contributed by atoms with E-state index in [4.69, 9.17) is 24.3 Å². The summed E-state index contributed by atoms with van der Waals surface area (Å²) in [6.07, 6.45) is -3.75. The Kier molecular flexibility index (Phi) is 9.59. The summed E-state index contributed by atoms with van der Waals surface area (Å²) >= 11 is 0. The molecule has 1 fully saturated rings. The highest BCUT2D eigenvalue weighted by atomic mass is 31.2. The van der Waals surface area contributed by atoms with Gasteiger partial charge in [0, 0.05) is 0 Å². The molecule has 2 unspecified atom stereocenters. The van der Waals surface area contributed by atoms with E-state index in [1.165, 1.54) is 10.9 Å². The average molecular weight is 627 g/mol. The second kappa shape index (κ2) is 13.4. The second-order valence-electron chi connectivity index (χ2n) is 10.7. The van der Waals surface area contributed by atoms with Crippen molar-refractivity contribution in [2.45, 2.75) is 58.0 Å². The van der Waals surface area contributed by atoms with E-state index in [1.807, 2.05) is 30.3 Å². The van der Waals surface area contributed by atoms with E-state index >= 15 is 0 Å². The van der Waals surface area contributed by atoms with Crippen LogP contribution in [0.25, 0.3) is 11.2 Å². The molecule has 14 nitrogen and oxygen atoms in total. The number of rotatable bonds is 12. The standard InChI is InChI=1S/C29H35N6O8P/c1-17(2)22(29(38)40-14-19-10-6-4-7-11-19)34-44(39,43-20-12-8-5-9-13-20)41-15-21-24(36)25(37)28(42-21)35-16-31-23-26(30)32-18(3)33-27(23)35/h4-13,16-17,21-22,24-25,28,36-37H,14-15H2,1-3H3,(H,34,39)(H2,30,32,33)/t21-,22+,24?,25-,28-,44?/m1/s1. The average Bonchev–Trinajstić information content (AvgIpc) is 3.54. The molecule has 0 saturated carbocycles. The van der Waals surface area contributed by atoms with Gasteiger partial charge >= 0.3 is 13.7 Å². The molecule has 15 heteroatoms. The highest BCUT2D eigenvalue weighted by molar-refractivity contribution is 7.52. The third kappa shape index (κ3) is 7.07. The minimum absolute atomic E-state index is 0.0235. The number of carbonyl (C=O) groups excluding carboxylic acids is 1. The summed E-state index contributed by atoms with van der Waals surface area (Å²) in [5.41, 5.74) is 7.37. The summed E-state index contributed by atoms with van der Waals surface area (Å²) in [6.45, 7) is 4.72. The van der Waals surface area contributed by atoms with Crippen LogP contribution in [0.15, 0.2) is 67.0 Å². The molecule has 4 aromatic rings. The summed E-state index contributed by atoms with van der Waals surface area (Å²) in [6, 6.07) is 16.4. The molecule has 1 aliphatic heterocycles. The van der Waals surface area contributed by atoms with Crippen LogP contribution in [-0.2, 0) is 30.0 Å². The van der Waals surface area contributed by atoms with Crippen molar-refractivity contribution in [1.29, 1.82) is 0 Å². The van der Waals surface area contributed by atoms with Crippen molar-refractivity contribution in [3.63, 3.8) is 0 Å². The number of hydrogen-bond acceptors (Lipinski definition) is 12. The lowest BCUT2D eigenvalue weighted by molar-refractivity contribution is -0.148. The number of esters is 1. The van der Waals surface area contributed by atoms with Crippen molar-refractivity contribution in [2.75, 3.05) is 12.3 Å². The number of aliphatic hydroxyl groups is 2. The van der Waals surface area contributed by atoms with Crippen molar-refractivity contribution in [1.82, 2.24) is 24.6 Å². The summed E-state index contributed by atoms with van der Waals surface area (Å²) in [5, 5.41) is 24.5. The number of nitrogens with zero attached hydrogens (tertiary/aromatic N) is 4. The predicted molar refractivity (Wildman–Crippen MR) is 159 cm³/mol. The van der Waals surface area contributed by atoms with Gasteiger partial charge in [0.2, 0.25) is 0 Å². The van der Waals surface area contributed by atoms with Crippen LogP contribution in [-0.4, -0.2) is 66.7 Å². The van der Waals surface area contributed by atoms with E-state index in [2.05, 4.69) is 20.0 Å². The molecule has 0 bridgehead atoms. The monoisotopic (exact) mass is 626 g/mol. The van der Waals surface area contributed by atoms with Crippen LogP contribution in [0.3, 0.4) is 0 Å². The van der Waals surface area contributed by atoms with Gasteiger partial charge in [-0.25, -0.2) is 19.5 Å². The highest BCUT2D eigenvalue weighted by Crippen LogP contribution is 2.46. The number of aryl methyl sites for hydroxylation is 1. The van der Waals surface area contributed by atoms with Gasteiger partial charge < -0.3 is 29.9 Å². The number of nitrogens with two attached hydrogens (primary N) is 1. The number of anilines is 1. The molecule has 1 aliphatic rings. The van der Waals surface area contributed by atoms with E-state index in [0.29, 0.717) is 17.0 Å². The van der Waals surface area contributed by atoms with Gasteiger partial charge in [0.1, 0.15) is 48.1 Å². The molecule has 44 heavy (non-hydrogen) atoms. The molecule has 5 rings (SSSR count). The number of aliphatic hydroxyl groups excluding tert-OH is 2. The van der Waals surface area contributed by atoms with E-state index in [-0.39, 0.29) is 24.1 Å². The summed E-state index contributed by atoms with van der Waals surface area (Å²) < 4.78 is 38.6. The molecule has 6 atom stereocenters. The zero-order valence-electron chi connectivity index (χ0n) is 24.4. The van der Waals surface area contributed by atoms with Crippen molar-refractivity contribution >= 4 is 30.7 Å². The largest absolute Gasteiger partial charge is 0.460 e. The van der Waals surface area contributed by atoms with Gasteiger partial charge in [0.25, 0.3) is 0 Å². The minimum Gasteiger partial charge on any atom is -0.460 e. The number of benzene rings is 2. The van der Waals surface area contributed by atoms with Gasteiger partial charge in [-0.3, -0.25) is 13.9 Å². The molecule has 0 radical (unpaired) electrons. The molecule has 0 amide bonds. The van der Waals surface area contributed by atoms with E-state index in [9.17, 15) is 19.6 Å². The molecule has 2 aromatic carbocycles. The van der Waals surface area contributed by atoms with Gasteiger partial charge in [0.05, 0.1) is 12.9 Å². The Bertz CT molecular complexity index is 1620. The van der Waals surface area contributed by atoms with Crippen LogP contribution in [0.1, 0.15) is 31.5 Å². The Morgan fingerprint density at radius 2 is 1.77 bits per heavy atom. The maximum absolute atomic E-state index is 14.2. The number of hydrogen-bond donors (Lipinski definition) is 4. The Morgan fingerprint density at radius 3 is 2.45 bits per heavy atom. The van der Waals surface area contributed by atoms with Crippen LogP contribution < -0.4 is 15.3 Å². The lowest BCUT2D eigenvalue weighted by Crippen LogP contribution is -2.42. The summed E-state index contributed by atoms with van der Waals surface area (Å²) in [5.74, 6) is -0.267. The van der Waals surface area contributed by atoms with E-state index in [1.54, 1.807) is 51.1 Å². The zero-order chi connectivity index (χ0) is 31.4. The number of aromatic nitrogens is 4. The van der Waals surface area contributed by atoms with Crippen LogP contribution >= 0.6 is 7.75 Å². The zero-order valence-corrected chi connectivity index (χ0v) is 25.3. The van der Waals surface area contributed by atoms with Crippen molar-refractivity contribution in [3.8, 4) is 5.75 Å². The van der Waals surface area contributed by atoms with Crippen LogP contribution in [0.4, 0.5) is 5.82 Å². The van der Waals surface area contributed by atoms with Gasteiger partial charge in [0.15, 0.2) is 17.7 Å². The third-order valence-electron chi connectivity index (χ3n) is 6.99. The first-order valence-electron chi connectivity index (χ1n) is 14.0. The number of fused-ring (bicyclic) bond motifs is 1. The van der Waals surface area contributed by atoms with Gasteiger partial charge in [-0.05, 0) is 30.5 Å². The normalized spacial score (nSPS) is 22.1. The van der Waals surface area contributed by atoms with Crippen molar-refractivity contribution < 1.29 is 38.1 Å². The number of nitrogen functional groups attached to an aromatic ring is 1. The topological polar surface area (TPSA) is 193 Å². The van der Waals surface area contributed by atoms with Gasteiger partial charge in [-0.2, -0.15) is 5.09 Å². The van der Waals surface area contributed by atoms with E-state index < -0.39 is 50.9 Å². The molecule has 5 N–H and O–H groups in total. The third-order valence-corrected chi connectivity index (χ3v) is 8.53. The predicted octanol–water partition coefficient (Wildman–Crippen LogP) is 2.90. The number of ether oxygens (including phenoxy) is 2. The molecule has 234 valence electrons. The first-order chi connectivity index (χ1) is 21.0. The lowest BCUT2D eigenvalue weighted by Gasteiger charge is -2.27. The number of carbonyl (C=O) groups is 1. The van der Waals surface area contributed by atoms with Crippen LogP contribution in [0.2, 0.25) is 0 Å². The first-order valence-corrected chi connectivity index (χ1v) is 15.5. The maximum Gasteiger partial charge on any atom is 0.459 e. The summed E-state index contributed by atoms with van der Waals surface area (Å²) in [4.78, 5) is 25.8. The quantitative estimate of drug-likeness (QED) is 0.133. The Hall–Kier alpha value is -3.91. The second-order valence-corrected chi connectivity index (χ2v) is 12.4. The fraction of sp³-hybridized carbons (Fsp3) is 0.379. The molecule has 0 aliphatic carbocycles. The highest BCUT2D eigenvalue weighted by Gasteiger charge is 2.46. The van der Waals surface area contributed by atoms with Crippen LogP contribution in [0.5, 0.6) is 5.75 Å². The molecule has 3 heterocycles. The SMILES string of the molecule is Cc1nc(N)c2ncn([C@@H]3O[C@H](COP(=O)(N[C@H](C(=O)OCc4ccccc4)C(C)C)Oc4ccccc4)C(O)[C@H]3O)c2n1. The molecular weight excluding hydrogens is 591 g/mol. The smallest absolute Gasteiger partial charge is 0.459 e. The maximum atomic E-state index is 14.2. The molecule has 0 spiro atoms. The number of nitrogens with one attached hydrogen (secondary N) is 1. The Balaban J connectivity index is 1.33.